The van der Waals surface area contributed by atoms with Crippen LogP contribution in [0.2, 0.25) is 0 Å². The zero-order valence-corrected chi connectivity index (χ0v) is 7.14. The van der Waals surface area contributed by atoms with Gasteiger partial charge < -0.3 is 9.47 Å². The van der Waals surface area contributed by atoms with Crippen LogP contribution in [0.3, 0.4) is 0 Å². The third kappa shape index (κ3) is 6.15. The Labute approximate surface area is 73.1 Å². The zero-order valence-electron chi connectivity index (χ0n) is 7.14. The van der Waals surface area contributed by atoms with Crippen molar-refractivity contribution in [3.63, 3.8) is 0 Å². The molecule has 0 unspecified atom stereocenters. The number of alkyl halides is 3. The first-order valence-corrected chi connectivity index (χ1v) is 3.29. The lowest BCUT2D eigenvalue weighted by Crippen LogP contribution is -2.12. The Morgan fingerprint density at radius 2 is 2.00 bits per heavy atom. The fraction of sp³-hybridized carbons (Fsp3) is 0.571. The highest BCUT2D eigenvalue weighted by Crippen LogP contribution is 2.18. The fourth-order valence-electron chi connectivity index (χ4n) is 0.531. The highest BCUT2D eigenvalue weighted by Gasteiger charge is 2.25. The molecule has 0 saturated carbocycles. The van der Waals surface area contributed by atoms with Crippen LogP contribution in [0, 0.1) is 0 Å². The molecule has 0 atom stereocenters. The van der Waals surface area contributed by atoms with Gasteiger partial charge in [0.2, 0.25) is 0 Å². The summed E-state index contributed by atoms with van der Waals surface area (Å²) in [4.78, 5) is 10.7. The summed E-state index contributed by atoms with van der Waals surface area (Å²) in [5, 5.41) is 0. The summed E-state index contributed by atoms with van der Waals surface area (Å²) in [5.74, 6) is -1.04. The minimum absolute atomic E-state index is 0.120. The van der Waals surface area contributed by atoms with Crippen molar-refractivity contribution < 1.29 is 27.4 Å². The molecule has 0 heterocycles. The average molecular weight is 198 g/mol. The van der Waals surface area contributed by atoms with Gasteiger partial charge in [-0.2, -0.15) is 13.2 Å². The van der Waals surface area contributed by atoms with Crippen LogP contribution in [0.25, 0.3) is 0 Å². The number of carbonyl (C=O) groups excluding carboxylic acids is 1. The van der Waals surface area contributed by atoms with Crippen LogP contribution in [0.5, 0.6) is 0 Å². The van der Waals surface area contributed by atoms with Crippen LogP contribution in [0.4, 0.5) is 13.2 Å². The Balaban J connectivity index is 4.17. The van der Waals surface area contributed by atoms with Crippen LogP contribution < -0.4 is 0 Å². The number of hydrogen-bond acceptors (Lipinski definition) is 3. The molecule has 0 bridgehead atoms. The summed E-state index contributed by atoms with van der Waals surface area (Å²) < 4.78 is 43.6. The van der Waals surface area contributed by atoms with E-state index in [2.05, 4.69) is 9.47 Å². The van der Waals surface area contributed by atoms with E-state index in [0.717, 1.165) is 6.92 Å². The highest BCUT2D eigenvalue weighted by molar-refractivity contribution is 5.87. The number of methoxy groups -OCH3 is 1. The molecule has 13 heavy (non-hydrogen) atoms. The second-order valence-electron chi connectivity index (χ2n) is 2.21. The molecule has 76 valence electrons. The number of esters is 1. The minimum atomic E-state index is -4.50. The molecule has 3 nitrogen and oxygen atoms in total. The first kappa shape index (κ1) is 12.0. The second-order valence-corrected chi connectivity index (χ2v) is 2.21. The van der Waals surface area contributed by atoms with Crippen molar-refractivity contribution in [1.29, 1.82) is 0 Å². The Kier molecular flexibility index (Phi) is 4.47. The Morgan fingerprint density at radius 3 is 2.38 bits per heavy atom. The molecule has 0 rings (SSSR count). The van der Waals surface area contributed by atoms with E-state index in [4.69, 9.17) is 0 Å². The van der Waals surface area contributed by atoms with Gasteiger partial charge >= 0.3 is 12.1 Å². The average Bonchev–Trinajstić information content (AvgIpc) is 1.96. The predicted molar refractivity (Wildman–Crippen MR) is 37.8 cm³/mol. The lowest BCUT2D eigenvalue weighted by Gasteiger charge is -2.04. The third-order valence-corrected chi connectivity index (χ3v) is 1.01. The summed E-state index contributed by atoms with van der Waals surface area (Å²) in [6.07, 6.45) is -4.62. The van der Waals surface area contributed by atoms with Crippen molar-refractivity contribution >= 4 is 5.97 Å². The van der Waals surface area contributed by atoms with Crippen molar-refractivity contribution in [2.45, 2.75) is 13.1 Å². The maximum Gasteiger partial charge on any atom is 0.410 e. The molecule has 0 aliphatic heterocycles. The van der Waals surface area contributed by atoms with Crippen LogP contribution in [-0.2, 0) is 14.3 Å². The van der Waals surface area contributed by atoms with Crippen LogP contribution in [-0.4, -0.2) is 26.0 Å². The molecule has 0 fully saturated rings. The summed E-state index contributed by atoms with van der Waals surface area (Å²) in [5.41, 5.74) is -0.510. The topological polar surface area (TPSA) is 35.5 Å². The van der Waals surface area contributed by atoms with Gasteiger partial charge in [0.05, 0.1) is 0 Å². The van der Waals surface area contributed by atoms with Gasteiger partial charge in [-0.1, -0.05) is 0 Å². The summed E-state index contributed by atoms with van der Waals surface area (Å²) >= 11 is 0. The molecule has 0 spiro atoms. The van der Waals surface area contributed by atoms with Gasteiger partial charge in [-0.3, -0.25) is 0 Å². The molecule has 0 amide bonds. The van der Waals surface area contributed by atoms with Gasteiger partial charge in [0.1, 0.15) is 0 Å². The van der Waals surface area contributed by atoms with Crippen molar-refractivity contribution in [2.75, 3.05) is 13.9 Å². The van der Waals surface area contributed by atoms with Crippen LogP contribution in [0.15, 0.2) is 11.6 Å². The first-order valence-electron chi connectivity index (χ1n) is 3.29. The molecule has 0 aromatic rings. The van der Waals surface area contributed by atoms with Gasteiger partial charge in [-0.15, -0.1) is 0 Å². The number of allylic oxidation sites excluding steroid dienone is 1. The highest BCUT2D eigenvalue weighted by atomic mass is 19.4. The van der Waals surface area contributed by atoms with E-state index in [1.165, 1.54) is 7.11 Å². The monoisotopic (exact) mass is 198 g/mol. The van der Waals surface area contributed by atoms with Crippen molar-refractivity contribution in [2.24, 2.45) is 0 Å². The van der Waals surface area contributed by atoms with E-state index in [9.17, 15) is 18.0 Å². The predicted octanol–water partition coefficient (Wildman–Crippen LogP) is 1.64. The van der Waals surface area contributed by atoms with Gasteiger partial charge in [0.15, 0.2) is 6.79 Å². The second kappa shape index (κ2) is 4.86. The smallest absolute Gasteiger partial charge is 0.410 e. The number of carbonyl (C=O) groups is 1. The van der Waals surface area contributed by atoms with Crippen molar-refractivity contribution in [3.05, 3.63) is 11.6 Å². The Hall–Kier alpha value is -1.04. The van der Waals surface area contributed by atoms with E-state index in [-0.39, 0.29) is 12.9 Å². The first-order chi connectivity index (χ1) is 5.87. The lowest BCUT2D eigenvalue weighted by atomic mass is 10.3. The van der Waals surface area contributed by atoms with E-state index in [1.54, 1.807) is 0 Å². The number of ether oxygens (including phenoxy) is 2. The number of halogens is 3. The molecule has 0 aromatic carbocycles. The van der Waals surface area contributed by atoms with E-state index in [0.29, 0.717) is 0 Å². The van der Waals surface area contributed by atoms with E-state index in [1.807, 2.05) is 0 Å². The summed E-state index contributed by atoms with van der Waals surface area (Å²) in [7, 11) is 1.26. The molecule has 6 heteroatoms. The van der Waals surface area contributed by atoms with Gasteiger partial charge in [-0.05, 0) is 6.92 Å². The van der Waals surface area contributed by atoms with E-state index >= 15 is 0 Å². The van der Waals surface area contributed by atoms with Crippen LogP contribution >= 0.6 is 0 Å². The molecular formula is C7H9F3O3. The normalized spacial score (nSPS) is 12.8. The molecule has 0 saturated heterocycles. The number of rotatable bonds is 3. The Morgan fingerprint density at radius 1 is 1.46 bits per heavy atom. The van der Waals surface area contributed by atoms with Gasteiger partial charge in [0.25, 0.3) is 0 Å². The third-order valence-electron chi connectivity index (χ3n) is 1.01. The molecule has 0 N–H and O–H groups in total. The number of hydrogen-bond donors (Lipinski definition) is 0. The molecule has 0 aliphatic carbocycles. The van der Waals surface area contributed by atoms with Crippen LogP contribution in [0.1, 0.15) is 6.92 Å². The molecular weight excluding hydrogens is 189 g/mol. The minimum Gasteiger partial charge on any atom is -0.435 e. The van der Waals surface area contributed by atoms with E-state index < -0.39 is 17.7 Å². The lowest BCUT2D eigenvalue weighted by molar-refractivity contribution is -0.149. The molecule has 0 aliphatic rings. The van der Waals surface area contributed by atoms with Gasteiger partial charge in [0, 0.05) is 18.8 Å². The maximum atomic E-state index is 11.7. The van der Waals surface area contributed by atoms with Crippen molar-refractivity contribution in [3.8, 4) is 0 Å². The molecule has 0 radical (unpaired) electrons. The Bertz CT molecular complexity index is 208. The quantitative estimate of drug-likeness (QED) is 0.393. The summed E-state index contributed by atoms with van der Waals surface area (Å²) in [6.45, 7) is 0.660. The SMILES string of the molecule is COCOC(=O)/C(C)=C/C(F)(F)F. The van der Waals surface area contributed by atoms with Gasteiger partial charge in [-0.25, -0.2) is 4.79 Å². The fourth-order valence-corrected chi connectivity index (χ4v) is 0.531. The van der Waals surface area contributed by atoms with Crippen molar-refractivity contribution in [1.82, 2.24) is 0 Å². The standard InChI is InChI=1S/C7H9F3O3/c1-5(3-7(8,9)10)6(11)13-4-12-2/h3H,4H2,1-2H3/b5-3+. The maximum absolute atomic E-state index is 11.7. The largest absolute Gasteiger partial charge is 0.435 e. The molecule has 0 aromatic heterocycles. The zero-order chi connectivity index (χ0) is 10.5. The summed E-state index contributed by atoms with van der Waals surface area (Å²) in [6, 6.07) is 0.